The average molecular weight is 359 g/mol. The Labute approximate surface area is 147 Å². The molecule has 2 aromatic carbocycles. The molecule has 0 bridgehead atoms. The first kappa shape index (κ1) is 17.4. The number of rotatable bonds is 5. The largest absolute Gasteiger partial charge is 0.497 e. The number of aromatic nitrogens is 2. The highest BCUT2D eigenvalue weighted by molar-refractivity contribution is 7.89. The molecule has 0 aliphatic rings. The van der Waals surface area contributed by atoms with Gasteiger partial charge in [0.25, 0.3) is 0 Å². The zero-order chi connectivity index (χ0) is 18.2. The number of methoxy groups -OCH3 is 1. The number of nitrogens with zero attached hydrogens (tertiary/aromatic N) is 2. The molecule has 3 rings (SSSR count). The maximum atomic E-state index is 12.3. The van der Waals surface area contributed by atoms with E-state index in [4.69, 9.17) is 4.74 Å². The van der Waals surface area contributed by atoms with Gasteiger partial charge in [-0.25, -0.2) is 17.7 Å². The fraction of sp³-hybridized carbons (Fsp3) is 0.278. The second-order valence-corrected chi connectivity index (χ2v) is 8.24. The third kappa shape index (κ3) is 3.25. The Kier molecular flexibility index (Phi) is 4.53. The lowest BCUT2D eigenvalue weighted by atomic mass is 10.0. The van der Waals surface area contributed by atoms with Crippen LogP contribution in [-0.4, -0.2) is 43.9 Å². The highest BCUT2D eigenvalue weighted by Crippen LogP contribution is 2.27. The van der Waals surface area contributed by atoms with Crippen molar-refractivity contribution in [2.24, 2.45) is 0 Å². The second-order valence-electron chi connectivity index (χ2n) is 6.08. The molecule has 0 spiro atoms. The number of ether oxygens (including phenoxy) is 1. The number of fused-ring (bicyclic) bond motifs is 1. The predicted octanol–water partition coefficient (Wildman–Crippen LogP) is 2.97. The number of imidazole rings is 1. The van der Waals surface area contributed by atoms with E-state index in [9.17, 15) is 8.42 Å². The summed E-state index contributed by atoms with van der Waals surface area (Å²) in [6.45, 7) is 2.05. The first-order valence-corrected chi connectivity index (χ1v) is 9.33. The summed E-state index contributed by atoms with van der Waals surface area (Å²) in [6, 6.07) is 12.8. The molecule has 0 radical (unpaired) electrons. The molecule has 25 heavy (non-hydrogen) atoms. The van der Waals surface area contributed by atoms with Gasteiger partial charge in [0.1, 0.15) is 11.6 Å². The number of aromatic amines is 1. The van der Waals surface area contributed by atoms with Gasteiger partial charge in [-0.3, -0.25) is 0 Å². The monoisotopic (exact) mass is 359 g/mol. The zero-order valence-corrected chi connectivity index (χ0v) is 15.5. The van der Waals surface area contributed by atoms with E-state index in [2.05, 4.69) is 16.9 Å². The number of hydrogen-bond acceptors (Lipinski definition) is 4. The van der Waals surface area contributed by atoms with Gasteiger partial charge in [-0.1, -0.05) is 19.1 Å². The van der Waals surface area contributed by atoms with Crippen molar-refractivity contribution in [2.45, 2.75) is 17.7 Å². The number of H-pyrrole nitrogens is 1. The normalized spacial score (nSPS) is 13.3. The maximum Gasteiger partial charge on any atom is 0.242 e. The van der Waals surface area contributed by atoms with Crippen LogP contribution < -0.4 is 4.74 Å². The van der Waals surface area contributed by atoms with E-state index in [0.29, 0.717) is 5.52 Å². The Hall–Kier alpha value is -2.38. The number of hydrogen-bond donors (Lipinski definition) is 1. The van der Waals surface area contributed by atoms with E-state index in [0.717, 1.165) is 22.7 Å². The molecule has 1 unspecified atom stereocenters. The minimum atomic E-state index is -3.47. The molecule has 3 aromatic rings. The summed E-state index contributed by atoms with van der Waals surface area (Å²) in [6.07, 6.45) is 0. The molecule has 7 heteroatoms. The van der Waals surface area contributed by atoms with Crippen molar-refractivity contribution < 1.29 is 13.2 Å². The molecular weight excluding hydrogens is 338 g/mol. The first-order chi connectivity index (χ1) is 11.8. The summed E-state index contributed by atoms with van der Waals surface area (Å²) in [5.41, 5.74) is 2.55. The molecule has 0 aliphatic heterocycles. The average Bonchev–Trinajstić information content (AvgIpc) is 3.04. The Morgan fingerprint density at radius 3 is 2.40 bits per heavy atom. The molecule has 0 fully saturated rings. The Balaban J connectivity index is 1.98. The molecule has 0 saturated carbocycles. The SMILES string of the molecule is COc1ccc(C(C)c2nc3cc(S(=O)(=O)N(C)C)ccc3[nH]2)cc1. The van der Waals surface area contributed by atoms with Gasteiger partial charge < -0.3 is 9.72 Å². The summed E-state index contributed by atoms with van der Waals surface area (Å²) in [5, 5.41) is 0. The fourth-order valence-electron chi connectivity index (χ4n) is 2.63. The smallest absolute Gasteiger partial charge is 0.242 e. The Morgan fingerprint density at radius 1 is 1.12 bits per heavy atom. The van der Waals surface area contributed by atoms with Crippen LogP contribution in [0.1, 0.15) is 24.2 Å². The molecule has 1 heterocycles. The van der Waals surface area contributed by atoms with Gasteiger partial charge in [0, 0.05) is 20.0 Å². The Bertz CT molecular complexity index is 992. The van der Waals surface area contributed by atoms with E-state index in [1.807, 2.05) is 24.3 Å². The zero-order valence-electron chi connectivity index (χ0n) is 14.6. The predicted molar refractivity (Wildman–Crippen MR) is 97.5 cm³/mol. The van der Waals surface area contributed by atoms with Gasteiger partial charge in [0.2, 0.25) is 10.0 Å². The van der Waals surface area contributed by atoms with Crippen molar-refractivity contribution in [3.05, 3.63) is 53.9 Å². The van der Waals surface area contributed by atoms with Crippen molar-refractivity contribution in [1.29, 1.82) is 0 Å². The van der Waals surface area contributed by atoms with E-state index < -0.39 is 10.0 Å². The summed E-state index contributed by atoms with van der Waals surface area (Å²) in [5.74, 6) is 1.64. The summed E-state index contributed by atoms with van der Waals surface area (Å²) >= 11 is 0. The van der Waals surface area contributed by atoms with Gasteiger partial charge in [0.05, 0.1) is 23.0 Å². The standard InChI is InChI=1S/C18H21N3O3S/c1-12(13-5-7-14(24-4)8-6-13)18-19-16-10-9-15(11-17(16)20-18)25(22,23)21(2)3/h5-12H,1-4H3,(H,19,20). The second kappa shape index (κ2) is 6.50. The van der Waals surface area contributed by atoms with Crippen LogP contribution in [0.4, 0.5) is 0 Å². The molecule has 132 valence electrons. The molecular formula is C18H21N3O3S. The first-order valence-electron chi connectivity index (χ1n) is 7.89. The van der Waals surface area contributed by atoms with E-state index in [1.54, 1.807) is 25.3 Å². The van der Waals surface area contributed by atoms with Crippen molar-refractivity contribution in [2.75, 3.05) is 21.2 Å². The summed E-state index contributed by atoms with van der Waals surface area (Å²) in [7, 11) is 1.19. The minimum absolute atomic E-state index is 0.0483. The fourth-order valence-corrected chi connectivity index (χ4v) is 3.55. The van der Waals surface area contributed by atoms with Crippen LogP contribution in [-0.2, 0) is 10.0 Å². The molecule has 1 atom stereocenters. The van der Waals surface area contributed by atoms with Gasteiger partial charge >= 0.3 is 0 Å². The van der Waals surface area contributed by atoms with Crippen molar-refractivity contribution >= 4 is 21.1 Å². The molecule has 1 N–H and O–H groups in total. The molecule has 0 aliphatic carbocycles. The number of sulfonamides is 1. The van der Waals surface area contributed by atoms with Crippen LogP contribution in [0, 0.1) is 0 Å². The molecule has 0 amide bonds. The van der Waals surface area contributed by atoms with E-state index in [-0.39, 0.29) is 10.8 Å². The lowest BCUT2D eigenvalue weighted by Gasteiger charge is -2.10. The highest BCUT2D eigenvalue weighted by Gasteiger charge is 2.19. The van der Waals surface area contributed by atoms with Crippen molar-refractivity contribution in [3.63, 3.8) is 0 Å². The maximum absolute atomic E-state index is 12.3. The number of benzene rings is 2. The van der Waals surface area contributed by atoms with E-state index in [1.165, 1.54) is 18.4 Å². The van der Waals surface area contributed by atoms with Gasteiger partial charge in [0.15, 0.2) is 0 Å². The minimum Gasteiger partial charge on any atom is -0.497 e. The Morgan fingerprint density at radius 2 is 1.80 bits per heavy atom. The van der Waals surface area contributed by atoms with Crippen LogP contribution in [0.3, 0.4) is 0 Å². The van der Waals surface area contributed by atoms with Gasteiger partial charge in [-0.2, -0.15) is 0 Å². The third-order valence-corrected chi connectivity index (χ3v) is 6.09. The lowest BCUT2D eigenvalue weighted by molar-refractivity contribution is 0.414. The van der Waals surface area contributed by atoms with Crippen LogP contribution in [0.15, 0.2) is 47.4 Å². The molecule has 6 nitrogen and oxygen atoms in total. The lowest BCUT2D eigenvalue weighted by Crippen LogP contribution is -2.22. The van der Waals surface area contributed by atoms with Gasteiger partial charge in [-0.05, 0) is 35.9 Å². The quantitative estimate of drug-likeness (QED) is 0.760. The van der Waals surface area contributed by atoms with Crippen molar-refractivity contribution in [3.8, 4) is 5.75 Å². The highest BCUT2D eigenvalue weighted by atomic mass is 32.2. The third-order valence-electron chi connectivity index (χ3n) is 4.28. The molecule has 0 saturated heterocycles. The van der Waals surface area contributed by atoms with Crippen molar-refractivity contribution in [1.82, 2.24) is 14.3 Å². The summed E-state index contributed by atoms with van der Waals surface area (Å²) in [4.78, 5) is 8.11. The van der Waals surface area contributed by atoms with Crippen LogP contribution in [0.25, 0.3) is 11.0 Å². The van der Waals surface area contributed by atoms with Crippen LogP contribution in [0.5, 0.6) is 5.75 Å². The van der Waals surface area contributed by atoms with Gasteiger partial charge in [-0.15, -0.1) is 0 Å². The number of nitrogens with one attached hydrogen (secondary N) is 1. The summed E-state index contributed by atoms with van der Waals surface area (Å²) < 4.78 is 30.9. The van der Waals surface area contributed by atoms with Crippen LogP contribution in [0.2, 0.25) is 0 Å². The van der Waals surface area contributed by atoms with Crippen LogP contribution >= 0.6 is 0 Å². The molecule has 1 aromatic heterocycles. The van der Waals surface area contributed by atoms with E-state index >= 15 is 0 Å². The topological polar surface area (TPSA) is 75.3 Å².